The van der Waals surface area contributed by atoms with E-state index in [0.29, 0.717) is 25.4 Å². The molecule has 1 N–H and O–H groups in total. The van der Waals surface area contributed by atoms with E-state index in [1.54, 1.807) is 16.2 Å². The lowest BCUT2D eigenvalue weighted by Crippen LogP contribution is -2.39. The number of hydrogen-bond donors (Lipinski definition) is 1. The van der Waals surface area contributed by atoms with E-state index < -0.39 is 5.97 Å². The largest absolute Gasteiger partial charge is 0.481 e. The average Bonchev–Trinajstić information content (AvgIpc) is 3.06. The summed E-state index contributed by atoms with van der Waals surface area (Å²) in [6.07, 6.45) is 1.76. The molecule has 0 bridgehead atoms. The average molecular weight is 296 g/mol. The van der Waals surface area contributed by atoms with E-state index in [4.69, 9.17) is 5.11 Å². The summed E-state index contributed by atoms with van der Waals surface area (Å²) in [5, 5.41) is 12.7. The van der Waals surface area contributed by atoms with Gasteiger partial charge in [0.05, 0.1) is 0 Å². The SMILES string of the molecule is CN(Cc1ccsc1)C(=O)N1CCC(CCC(=O)O)C1. The van der Waals surface area contributed by atoms with Crippen LogP contribution in [0.15, 0.2) is 16.8 Å². The van der Waals surface area contributed by atoms with Crippen LogP contribution in [0, 0.1) is 5.92 Å². The number of aliphatic carboxylic acids is 1. The molecule has 0 radical (unpaired) electrons. The smallest absolute Gasteiger partial charge is 0.320 e. The summed E-state index contributed by atoms with van der Waals surface area (Å²) in [6, 6.07) is 2.06. The zero-order valence-electron chi connectivity index (χ0n) is 11.6. The first-order valence-electron chi connectivity index (χ1n) is 6.79. The van der Waals surface area contributed by atoms with Crippen molar-refractivity contribution in [2.45, 2.75) is 25.8 Å². The van der Waals surface area contributed by atoms with Crippen molar-refractivity contribution in [3.8, 4) is 0 Å². The zero-order chi connectivity index (χ0) is 14.5. The first-order valence-corrected chi connectivity index (χ1v) is 7.73. The van der Waals surface area contributed by atoms with Gasteiger partial charge >= 0.3 is 12.0 Å². The van der Waals surface area contributed by atoms with Gasteiger partial charge in [0.1, 0.15) is 0 Å². The molecule has 2 rings (SSSR count). The van der Waals surface area contributed by atoms with Crippen molar-refractivity contribution in [3.05, 3.63) is 22.4 Å². The van der Waals surface area contributed by atoms with Gasteiger partial charge in [0, 0.05) is 33.1 Å². The van der Waals surface area contributed by atoms with Crippen LogP contribution in [0.5, 0.6) is 0 Å². The molecule has 0 aromatic carbocycles. The van der Waals surface area contributed by atoms with Crippen LogP contribution in [0.25, 0.3) is 0 Å². The summed E-state index contributed by atoms with van der Waals surface area (Å²) in [7, 11) is 1.81. The second-order valence-corrected chi connectivity index (χ2v) is 6.08. The van der Waals surface area contributed by atoms with Crippen molar-refractivity contribution in [1.82, 2.24) is 9.80 Å². The second-order valence-electron chi connectivity index (χ2n) is 5.30. The predicted molar refractivity (Wildman–Crippen MR) is 77.7 cm³/mol. The minimum Gasteiger partial charge on any atom is -0.481 e. The van der Waals surface area contributed by atoms with Crippen LogP contribution in [0.1, 0.15) is 24.8 Å². The summed E-state index contributed by atoms with van der Waals surface area (Å²) in [5.41, 5.74) is 1.15. The third-order valence-electron chi connectivity index (χ3n) is 3.65. The van der Waals surface area contributed by atoms with Gasteiger partial charge in [-0.15, -0.1) is 0 Å². The molecule has 20 heavy (non-hydrogen) atoms. The van der Waals surface area contributed by atoms with Crippen LogP contribution in [-0.2, 0) is 11.3 Å². The van der Waals surface area contributed by atoms with Crippen LogP contribution >= 0.6 is 11.3 Å². The summed E-state index contributed by atoms with van der Waals surface area (Å²) in [6.45, 7) is 2.04. The third kappa shape index (κ3) is 3.96. The Hall–Kier alpha value is -1.56. The fourth-order valence-electron chi connectivity index (χ4n) is 2.54. The quantitative estimate of drug-likeness (QED) is 0.908. The van der Waals surface area contributed by atoms with Gasteiger partial charge in [-0.1, -0.05) is 0 Å². The third-order valence-corrected chi connectivity index (χ3v) is 4.38. The highest BCUT2D eigenvalue weighted by Crippen LogP contribution is 2.22. The highest BCUT2D eigenvalue weighted by atomic mass is 32.1. The molecule has 0 aliphatic carbocycles. The first kappa shape index (κ1) is 14.8. The number of nitrogens with zero attached hydrogens (tertiary/aromatic N) is 2. The van der Waals surface area contributed by atoms with Gasteiger partial charge in [0.25, 0.3) is 0 Å². The van der Waals surface area contributed by atoms with E-state index in [0.717, 1.165) is 18.5 Å². The molecular formula is C14H20N2O3S. The second kappa shape index (κ2) is 6.74. The van der Waals surface area contributed by atoms with Crippen LogP contribution < -0.4 is 0 Å². The molecule has 1 aromatic heterocycles. The summed E-state index contributed by atoms with van der Waals surface area (Å²) in [4.78, 5) is 26.4. The molecule has 1 saturated heterocycles. The molecule has 1 fully saturated rings. The summed E-state index contributed by atoms with van der Waals surface area (Å²) < 4.78 is 0. The Labute approximate surface area is 122 Å². The fraction of sp³-hybridized carbons (Fsp3) is 0.571. The number of urea groups is 1. The normalized spacial score (nSPS) is 18.2. The van der Waals surface area contributed by atoms with E-state index >= 15 is 0 Å². The molecule has 1 aliphatic rings. The number of rotatable bonds is 5. The number of carbonyl (C=O) groups is 2. The van der Waals surface area contributed by atoms with Crippen LogP contribution in [-0.4, -0.2) is 47.0 Å². The van der Waals surface area contributed by atoms with Crippen molar-refractivity contribution in [1.29, 1.82) is 0 Å². The summed E-state index contributed by atoms with van der Waals surface area (Å²) in [5.74, 6) is -0.436. The minimum atomic E-state index is -0.760. The lowest BCUT2D eigenvalue weighted by molar-refractivity contribution is -0.137. The Morgan fingerprint density at radius 3 is 3.00 bits per heavy atom. The number of thiophene rings is 1. The molecule has 1 aromatic rings. The molecule has 1 unspecified atom stereocenters. The monoisotopic (exact) mass is 296 g/mol. The van der Waals surface area contributed by atoms with E-state index in [9.17, 15) is 9.59 Å². The van der Waals surface area contributed by atoms with E-state index in [1.165, 1.54) is 0 Å². The molecule has 1 atom stereocenters. The maximum absolute atomic E-state index is 12.3. The standard InChI is InChI=1S/C14H20N2O3S/c1-15(8-12-5-7-20-10-12)14(19)16-6-4-11(9-16)2-3-13(17)18/h5,7,10-11H,2-4,6,8-9H2,1H3,(H,17,18). The van der Waals surface area contributed by atoms with Gasteiger partial charge in [-0.05, 0) is 41.1 Å². The Morgan fingerprint density at radius 1 is 1.55 bits per heavy atom. The fourth-order valence-corrected chi connectivity index (χ4v) is 3.19. The lowest BCUT2D eigenvalue weighted by Gasteiger charge is -2.24. The van der Waals surface area contributed by atoms with Gasteiger partial charge in [-0.3, -0.25) is 4.79 Å². The van der Waals surface area contributed by atoms with Gasteiger partial charge in [-0.2, -0.15) is 11.3 Å². The van der Waals surface area contributed by atoms with Crippen molar-refractivity contribution in [3.63, 3.8) is 0 Å². The number of likely N-dealkylation sites (tertiary alicyclic amines) is 1. The molecule has 110 valence electrons. The van der Waals surface area contributed by atoms with Crippen molar-refractivity contribution in [2.24, 2.45) is 5.92 Å². The van der Waals surface area contributed by atoms with Gasteiger partial charge < -0.3 is 14.9 Å². The van der Waals surface area contributed by atoms with Gasteiger partial charge in [0.15, 0.2) is 0 Å². The number of carboxylic acid groups (broad SMARTS) is 1. The molecular weight excluding hydrogens is 276 g/mol. The number of carboxylic acids is 1. The molecule has 2 amide bonds. The molecule has 0 saturated carbocycles. The van der Waals surface area contributed by atoms with E-state index in [1.807, 2.05) is 28.8 Å². The van der Waals surface area contributed by atoms with E-state index in [2.05, 4.69) is 0 Å². The Bertz CT molecular complexity index is 461. The van der Waals surface area contributed by atoms with Crippen molar-refractivity contribution >= 4 is 23.3 Å². The lowest BCUT2D eigenvalue weighted by atomic mass is 10.0. The molecule has 2 heterocycles. The van der Waals surface area contributed by atoms with Crippen LogP contribution in [0.3, 0.4) is 0 Å². The minimum absolute atomic E-state index is 0.0361. The molecule has 5 nitrogen and oxygen atoms in total. The molecule has 1 aliphatic heterocycles. The van der Waals surface area contributed by atoms with Crippen LogP contribution in [0.2, 0.25) is 0 Å². The topological polar surface area (TPSA) is 60.9 Å². The van der Waals surface area contributed by atoms with Crippen LogP contribution in [0.4, 0.5) is 4.79 Å². The molecule has 6 heteroatoms. The highest BCUT2D eigenvalue weighted by Gasteiger charge is 2.28. The molecule has 0 spiro atoms. The Kier molecular flexibility index (Phi) is 5.00. The van der Waals surface area contributed by atoms with E-state index in [-0.39, 0.29) is 12.5 Å². The number of hydrogen-bond acceptors (Lipinski definition) is 3. The maximum Gasteiger partial charge on any atom is 0.320 e. The Morgan fingerprint density at radius 2 is 2.35 bits per heavy atom. The maximum atomic E-state index is 12.3. The summed E-state index contributed by atoms with van der Waals surface area (Å²) >= 11 is 1.63. The highest BCUT2D eigenvalue weighted by molar-refractivity contribution is 7.07. The van der Waals surface area contributed by atoms with Gasteiger partial charge in [0.2, 0.25) is 0 Å². The zero-order valence-corrected chi connectivity index (χ0v) is 12.4. The van der Waals surface area contributed by atoms with Crippen molar-refractivity contribution < 1.29 is 14.7 Å². The number of carbonyl (C=O) groups excluding carboxylic acids is 1. The Balaban J connectivity index is 1.80. The number of amides is 2. The van der Waals surface area contributed by atoms with Gasteiger partial charge in [-0.25, -0.2) is 4.79 Å². The van der Waals surface area contributed by atoms with Crippen molar-refractivity contribution in [2.75, 3.05) is 20.1 Å². The first-order chi connectivity index (χ1) is 9.56. The predicted octanol–water partition coefficient (Wildman–Crippen LogP) is 2.49.